The fourth-order valence-corrected chi connectivity index (χ4v) is 8.50. The smallest absolute Gasteiger partial charge is 0.0668 e. The van der Waals surface area contributed by atoms with Crippen LogP contribution in [0.5, 0.6) is 0 Å². The molecule has 2 atom stereocenters. The van der Waals surface area contributed by atoms with Gasteiger partial charge in [0, 0.05) is 56.2 Å². The molecule has 0 aliphatic heterocycles. The second-order valence-electron chi connectivity index (χ2n) is 15.5. The molecule has 0 spiro atoms. The summed E-state index contributed by atoms with van der Waals surface area (Å²) >= 11 is 0. The number of benzene rings is 7. The van der Waals surface area contributed by atoms with Crippen LogP contribution in [0.25, 0.3) is 44.1 Å². The predicted molar refractivity (Wildman–Crippen MR) is 240 cm³/mol. The normalized spacial score (nSPS) is 16.4. The molecule has 8 aromatic rings. The Kier molecular flexibility index (Phi) is 8.94. The van der Waals surface area contributed by atoms with E-state index < -0.39 is 0 Å². The molecule has 7 aromatic carbocycles. The first kappa shape index (κ1) is 35.1. The highest BCUT2D eigenvalue weighted by atomic mass is 15.2. The highest BCUT2D eigenvalue weighted by Crippen LogP contribution is 2.43. The van der Waals surface area contributed by atoms with E-state index in [2.05, 4.69) is 231 Å². The van der Waals surface area contributed by atoms with Crippen molar-refractivity contribution in [2.24, 2.45) is 5.92 Å². The van der Waals surface area contributed by atoms with Crippen LogP contribution >= 0.6 is 0 Å². The first-order valence-corrected chi connectivity index (χ1v) is 19.7. The molecule has 0 fully saturated rings. The van der Waals surface area contributed by atoms with Crippen LogP contribution in [0.3, 0.4) is 0 Å². The van der Waals surface area contributed by atoms with Crippen molar-refractivity contribution in [1.29, 1.82) is 0 Å². The lowest BCUT2D eigenvalue weighted by Crippen LogP contribution is -2.47. The summed E-state index contributed by atoms with van der Waals surface area (Å²) in [5, 5.41) is 2.46. The molecule has 9 rings (SSSR count). The van der Waals surface area contributed by atoms with E-state index in [0.717, 1.165) is 16.7 Å². The Morgan fingerprint density at radius 2 is 0.929 bits per heavy atom. The minimum atomic E-state index is -0.204. The zero-order valence-corrected chi connectivity index (χ0v) is 32.8. The molecule has 0 saturated carbocycles. The molecule has 56 heavy (non-hydrogen) atoms. The highest BCUT2D eigenvalue weighted by molar-refractivity contribution is 6.09. The van der Waals surface area contributed by atoms with Crippen molar-refractivity contribution in [3.8, 4) is 22.3 Å². The summed E-state index contributed by atoms with van der Waals surface area (Å²) in [6.45, 7) is 11.2. The lowest BCUT2D eigenvalue weighted by atomic mass is 9.80. The molecule has 1 aliphatic rings. The van der Waals surface area contributed by atoms with Gasteiger partial charge in [-0.05, 0) is 133 Å². The summed E-state index contributed by atoms with van der Waals surface area (Å²) in [5.41, 5.74) is 16.5. The summed E-state index contributed by atoms with van der Waals surface area (Å²) in [5.74, 6) is 0.339. The lowest BCUT2D eigenvalue weighted by molar-refractivity contribution is 0.445. The third-order valence-corrected chi connectivity index (χ3v) is 11.9. The number of para-hydroxylation sites is 3. The van der Waals surface area contributed by atoms with E-state index in [9.17, 15) is 0 Å². The third-order valence-electron chi connectivity index (χ3n) is 11.9. The Hall–Kier alpha value is -6.58. The number of nitrogens with one attached hydrogen (secondary N) is 1. The van der Waals surface area contributed by atoms with Crippen LogP contribution in [-0.2, 0) is 0 Å². The van der Waals surface area contributed by atoms with Gasteiger partial charge in [-0.25, -0.2) is 0 Å². The van der Waals surface area contributed by atoms with Gasteiger partial charge in [-0.2, -0.15) is 0 Å². The van der Waals surface area contributed by atoms with E-state index in [1.165, 1.54) is 72.5 Å². The number of H-pyrrole nitrogens is 1. The first-order valence-electron chi connectivity index (χ1n) is 19.7. The van der Waals surface area contributed by atoms with Crippen molar-refractivity contribution < 1.29 is 0 Å². The minimum absolute atomic E-state index is 0.204. The predicted octanol–water partition coefficient (Wildman–Crippen LogP) is 14.7. The van der Waals surface area contributed by atoms with Gasteiger partial charge in [-0.1, -0.05) is 122 Å². The number of aromatic amines is 1. The van der Waals surface area contributed by atoms with E-state index in [-0.39, 0.29) is 5.54 Å². The summed E-state index contributed by atoms with van der Waals surface area (Å²) in [6, 6.07) is 57.6. The lowest BCUT2D eigenvalue weighted by Gasteiger charge is -2.46. The summed E-state index contributed by atoms with van der Waals surface area (Å²) < 4.78 is 0. The zero-order chi connectivity index (χ0) is 38.4. The van der Waals surface area contributed by atoms with Gasteiger partial charge in [-0.15, -0.1) is 0 Å². The molecule has 1 aromatic heterocycles. The first-order chi connectivity index (χ1) is 27.3. The Morgan fingerprint density at radius 1 is 0.482 bits per heavy atom. The number of aromatic nitrogens is 1. The molecule has 0 amide bonds. The van der Waals surface area contributed by atoms with E-state index in [1.54, 1.807) is 0 Å². The standard InChI is InChI=1S/C53H47N3/c1-36-14-6-9-18-50(36)55(51-19-10-7-15-37(51)2)44-27-21-40(22-28-44)42-25-31-48-46(34-42)47-35-43(26-32-49(47)54-48)41-23-29-45(30-24-41)56(52-20-11-8-16-38(52)3)53(5)33-13-12-17-39(53)4/h6-35,39,54H,1-5H3. The topological polar surface area (TPSA) is 22.3 Å². The van der Waals surface area contributed by atoms with Gasteiger partial charge in [0.05, 0.1) is 5.54 Å². The van der Waals surface area contributed by atoms with E-state index >= 15 is 0 Å². The molecule has 0 saturated heterocycles. The van der Waals surface area contributed by atoms with Crippen molar-refractivity contribution >= 4 is 50.2 Å². The summed E-state index contributed by atoms with van der Waals surface area (Å²) in [6.07, 6.45) is 9.00. The minimum Gasteiger partial charge on any atom is -0.355 e. The number of nitrogens with zero attached hydrogens (tertiary/aromatic N) is 2. The van der Waals surface area contributed by atoms with Crippen LogP contribution in [0.4, 0.5) is 28.4 Å². The van der Waals surface area contributed by atoms with Crippen molar-refractivity contribution in [1.82, 2.24) is 4.98 Å². The van der Waals surface area contributed by atoms with Gasteiger partial charge in [0.15, 0.2) is 0 Å². The van der Waals surface area contributed by atoms with Crippen LogP contribution in [-0.4, -0.2) is 10.5 Å². The monoisotopic (exact) mass is 725 g/mol. The molecule has 0 bridgehead atoms. The SMILES string of the molecule is Cc1ccccc1N(c1ccc(-c2ccc3[nH]c4ccc(-c5ccc(N(c6ccccc6C)C6(C)C=CC=CC6C)cc5)cc4c3c2)cc1)c1ccccc1C. The molecule has 1 N–H and O–H groups in total. The fraction of sp³-hybridized carbons (Fsp3) is 0.132. The summed E-state index contributed by atoms with van der Waals surface area (Å²) in [7, 11) is 0. The Morgan fingerprint density at radius 3 is 1.41 bits per heavy atom. The van der Waals surface area contributed by atoms with Gasteiger partial charge in [0.25, 0.3) is 0 Å². The maximum atomic E-state index is 3.67. The quantitative estimate of drug-likeness (QED) is 0.168. The second kappa shape index (κ2) is 14.2. The molecular formula is C53H47N3. The number of allylic oxidation sites excluding steroid dienone is 2. The van der Waals surface area contributed by atoms with Gasteiger partial charge < -0.3 is 14.8 Å². The third kappa shape index (κ3) is 6.20. The molecule has 0 radical (unpaired) electrons. The molecule has 3 nitrogen and oxygen atoms in total. The van der Waals surface area contributed by atoms with Crippen molar-refractivity contribution in [3.05, 3.63) is 199 Å². The molecule has 2 unspecified atom stereocenters. The Bertz CT molecular complexity index is 2720. The second-order valence-corrected chi connectivity index (χ2v) is 15.5. The molecule has 1 aliphatic carbocycles. The number of fused-ring (bicyclic) bond motifs is 3. The van der Waals surface area contributed by atoms with E-state index in [0.29, 0.717) is 5.92 Å². The fourth-order valence-electron chi connectivity index (χ4n) is 8.50. The number of anilines is 5. The summed E-state index contributed by atoms with van der Waals surface area (Å²) in [4.78, 5) is 8.56. The van der Waals surface area contributed by atoms with Gasteiger partial charge in [0.1, 0.15) is 0 Å². The van der Waals surface area contributed by atoms with Crippen molar-refractivity contribution in [2.75, 3.05) is 9.80 Å². The number of aryl methyl sites for hydroxylation is 3. The van der Waals surface area contributed by atoms with E-state index in [4.69, 9.17) is 0 Å². The Labute approximate surface area is 330 Å². The molecular weight excluding hydrogens is 679 g/mol. The van der Waals surface area contributed by atoms with Gasteiger partial charge in [0.2, 0.25) is 0 Å². The maximum absolute atomic E-state index is 3.67. The highest BCUT2D eigenvalue weighted by Gasteiger charge is 2.37. The van der Waals surface area contributed by atoms with Crippen LogP contribution < -0.4 is 9.80 Å². The molecule has 3 heteroatoms. The average molecular weight is 726 g/mol. The maximum Gasteiger partial charge on any atom is 0.0668 e. The molecule has 1 heterocycles. The van der Waals surface area contributed by atoms with Crippen molar-refractivity contribution in [2.45, 2.75) is 40.2 Å². The van der Waals surface area contributed by atoms with Crippen LogP contribution in [0.15, 0.2) is 182 Å². The molecule has 274 valence electrons. The number of hydrogen-bond donors (Lipinski definition) is 1. The van der Waals surface area contributed by atoms with Crippen LogP contribution in [0, 0.1) is 26.7 Å². The van der Waals surface area contributed by atoms with Gasteiger partial charge in [-0.3, -0.25) is 0 Å². The van der Waals surface area contributed by atoms with Crippen LogP contribution in [0.1, 0.15) is 30.5 Å². The number of hydrogen-bond acceptors (Lipinski definition) is 2. The average Bonchev–Trinajstić information content (AvgIpc) is 3.59. The van der Waals surface area contributed by atoms with Crippen LogP contribution in [0.2, 0.25) is 0 Å². The largest absolute Gasteiger partial charge is 0.355 e. The Balaban J connectivity index is 1.05. The van der Waals surface area contributed by atoms with E-state index in [1.807, 2.05) is 0 Å². The van der Waals surface area contributed by atoms with Gasteiger partial charge >= 0.3 is 0 Å². The number of rotatable bonds is 8. The zero-order valence-electron chi connectivity index (χ0n) is 32.8. The van der Waals surface area contributed by atoms with Crippen molar-refractivity contribution in [3.63, 3.8) is 0 Å².